The second-order valence-corrected chi connectivity index (χ2v) is 4.56. The molecule has 5 heteroatoms. The Kier molecular flexibility index (Phi) is 3.43. The van der Waals surface area contributed by atoms with E-state index >= 15 is 0 Å². The molecule has 16 heavy (non-hydrogen) atoms. The van der Waals surface area contributed by atoms with Crippen molar-refractivity contribution in [3.8, 4) is 0 Å². The lowest BCUT2D eigenvalue weighted by Gasteiger charge is -2.24. The molecular weight excluding hydrogens is 206 g/mol. The summed E-state index contributed by atoms with van der Waals surface area (Å²) in [5.41, 5.74) is 0. The van der Waals surface area contributed by atoms with E-state index in [1.807, 2.05) is 0 Å². The van der Waals surface area contributed by atoms with Gasteiger partial charge >= 0.3 is 0 Å². The first-order valence-corrected chi connectivity index (χ1v) is 5.99. The Morgan fingerprint density at radius 2 is 2.44 bits per heavy atom. The number of nitrogens with one attached hydrogen (secondary N) is 2. The summed E-state index contributed by atoms with van der Waals surface area (Å²) in [6.07, 6.45) is 2.44. The summed E-state index contributed by atoms with van der Waals surface area (Å²) >= 11 is 0. The maximum absolute atomic E-state index is 11.9. The van der Waals surface area contributed by atoms with Crippen molar-refractivity contribution in [3.63, 3.8) is 0 Å². The van der Waals surface area contributed by atoms with Crippen molar-refractivity contribution in [3.05, 3.63) is 0 Å². The second kappa shape index (κ2) is 4.82. The van der Waals surface area contributed by atoms with E-state index in [4.69, 9.17) is 0 Å². The molecule has 2 rings (SSSR count). The summed E-state index contributed by atoms with van der Waals surface area (Å²) in [7, 11) is 0. The molecule has 0 aliphatic carbocycles. The van der Waals surface area contributed by atoms with Crippen LogP contribution in [0.1, 0.15) is 26.2 Å². The summed E-state index contributed by atoms with van der Waals surface area (Å²) in [5.74, 6) is 0.0798. The van der Waals surface area contributed by atoms with Crippen LogP contribution in [0.3, 0.4) is 0 Å². The van der Waals surface area contributed by atoms with Gasteiger partial charge in [-0.25, -0.2) is 0 Å². The molecule has 0 aromatic rings. The summed E-state index contributed by atoms with van der Waals surface area (Å²) in [5, 5.41) is 6.18. The van der Waals surface area contributed by atoms with Crippen LogP contribution in [0.15, 0.2) is 0 Å². The molecule has 2 heterocycles. The molecule has 5 nitrogen and oxygen atoms in total. The van der Waals surface area contributed by atoms with Gasteiger partial charge in [0.1, 0.15) is 6.04 Å². The van der Waals surface area contributed by atoms with Crippen molar-refractivity contribution < 1.29 is 9.59 Å². The van der Waals surface area contributed by atoms with Crippen LogP contribution < -0.4 is 10.6 Å². The Morgan fingerprint density at radius 1 is 1.62 bits per heavy atom. The predicted octanol–water partition coefficient (Wildman–Crippen LogP) is -0.525. The number of hydrogen-bond acceptors (Lipinski definition) is 3. The molecular formula is C11H19N3O2. The standard InChI is InChI=1S/C11H19N3O2/c1-8(14-6-2-3-10(14)15)11(16)13-9-4-5-12-7-9/h8-9,12H,2-7H2,1H3,(H,13,16). The zero-order valence-electron chi connectivity index (χ0n) is 9.66. The van der Waals surface area contributed by atoms with Gasteiger partial charge in [0.15, 0.2) is 0 Å². The highest BCUT2D eigenvalue weighted by molar-refractivity contribution is 5.88. The summed E-state index contributed by atoms with van der Waals surface area (Å²) in [4.78, 5) is 25.1. The summed E-state index contributed by atoms with van der Waals surface area (Å²) in [6, 6.07) is -0.0942. The lowest BCUT2D eigenvalue weighted by Crippen LogP contribution is -2.49. The third kappa shape index (κ3) is 2.35. The Labute approximate surface area is 95.6 Å². The summed E-state index contributed by atoms with van der Waals surface area (Å²) < 4.78 is 0. The van der Waals surface area contributed by atoms with Crippen molar-refractivity contribution in [2.75, 3.05) is 19.6 Å². The van der Waals surface area contributed by atoms with Gasteiger partial charge in [-0.3, -0.25) is 9.59 Å². The number of carbonyl (C=O) groups excluding carboxylic acids is 2. The molecule has 2 unspecified atom stereocenters. The molecule has 2 N–H and O–H groups in total. The number of carbonyl (C=O) groups is 2. The zero-order chi connectivity index (χ0) is 11.5. The van der Waals surface area contributed by atoms with Gasteiger partial charge in [0.25, 0.3) is 0 Å². The van der Waals surface area contributed by atoms with Crippen molar-refractivity contribution in [2.24, 2.45) is 0 Å². The van der Waals surface area contributed by atoms with Crippen LogP contribution in [0.5, 0.6) is 0 Å². The highest BCUT2D eigenvalue weighted by atomic mass is 16.2. The van der Waals surface area contributed by atoms with E-state index in [2.05, 4.69) is 10.6 Å². The molecule has 2 aliphatic heterocycles. The van der Waals surface area contributed by atoms with Crippen LogP contribution in [0.4, 0.5) is 0 Å². The molecule has 0 aromatic heterocycles. The summed E-state index contributed by atoms with van der Waals surface area (Å²) in [6.45, 7) is 4.33. The van der Waals surface area contributed by atoms with Gasteiger partial charge in [-0.1, -0.05) is 0 Å². The number of nitrogens with zero attached hydrogens (tertiary/aromatic N) is 1. The monoisotopic (exact) mass is 225 g/mol. The van der Waals surface area contributed by atoms with Crippen molar-refractivity contribution in [1.29, 1.82) is 0 Å². The van der Waals surface area contributed by atoms with Gasteiger partial charge in [0.2, 0.25) is 11.8 Å². The first-order valence-electron chi connectivity index (χ1n) is 5.99. The highest BCUT2D eigenvalue weighted by Crippen LogP contribution is 2.13. The predicted molar refractivity (Wildman–Crippen MR) is 59.8 cm³/mol. The minimum absolute atomic E-state index is 0.0241. The first-order chi connectivity index (χ1) is 7.68. The number of likely N-dealkylation sites (tertiary alicyclic amines) is 1. The maximum atomic E-state index is 11.9. The maximum Gasteiger partial charge on any atom is 0.242 e. The van der Waals surface area contributed by atoms with Gasteiger partial charge in [0.05, 0.1) is 0 Å². The molecule has 2 saturated heterocycles. The molecule has 90 valence electrons. The van der Waals surface area contributed by atoms with Gasteiger partial charge in [0, 0.05) is 25.6 Å². The average molecular weight is 225 g/mol. The lowest BCUT2D eigenvalue weighted by atomic mass is 10.2. The number of rotatable bonds is 3. The molecule has 0 spiro atoms. The van der Waals surface area contributed by atoms with E-state index in [1.54, 1.807) is 11.8 Å². The van der Waals surface area contributed by atoms with Crippen LogP contribution in [-0.2, 0) is 9.59 Å². The molecule has 0 saturated carbocycles. The van der Waals surface area contributed by atoms with E-state index < -0.39 is 0 Å². The Balaban J connectivity index is 1.85. The molecule has 0 aromatic carbocycles. The smallest absolute Gasteiger partial charge is 0.242 e. The van der Waals surface area contributed by atoms with Crippen LogP contribution >= 0.6 is 0 Å². The first kappa shape index (κ1) is 11.4. The van der Waals surface area contributed by atoms with Gasteiger partial charge < -0.3 is 15.5 Å². The fourth-order valence-electron chi connectivity index (χ4n) is 2.32. The van der Waals surface area contributed by atoms with Crippen LogP contribution in [0, 0.1) is 0 Å². The molecule has 2 amide bonds. The average Bonchev–Trinajstić information content (AvgIpc) is 2.88. The highest BCUT2D eigenvalue weighted by Gasteiger charge is 2.30. The normalized spacial score (nSPS) is 27.2. The van der Waals surface area contributed by atoms with Gasteiger partial charge in [-0.05, 0) is 26.3 Å². The second-order valence-electron chi connectivity index (χ2n) is 4.56. The SMILES string of the molecule is CC(C(=O)NC1CCNC1)N1CCCC1=O. The molecule has 2 fully saturated rings. The van der Waals surface area contributed by atoms with Crippen LogP contribution in [0.2, 0.25) is 0 Å². The molecule has 2 atom stereocenters. The Bertz CT molecular complexity index is 287. The molecule has 0 bridgehead atoms. The number of amides is 2. The minimum atomic E-state index is -0.324. The van der Waals surface area contributed by atoms with Crippen molar-refractivity contribution in [2.45, 2.75) is 38.3 Å². The van der Waals surface area contributed by atoms with Gasteiger partial charge in [-0.15, -0.1) is 0 Å². The minimum Gasteiger partial charge on any atom is -0.350 e. The van der Waals surface area contributed by atoms with E-state index in [0.717, 1.165) is 32.5 Å². The van der Waals surface area contributed by atoms with E-state index in [0.29, 0.717) is 6.42 Å². The zero-order valence-corrected chi connectivity index (χ0v) is 9.66. The fourth-order valence-corrected chi connectivity index (χ4v) is 2.32. The largest absolute Gasteiger partial charge is 0.350 e. The van der Waals surface area contributed by atoms with Gasteiger partial charge in [-0.2, -0.15) is 0 Å². The van der Waals surface area contributed by atoms with Crippen molar-refractivity contribution >= 4 is 11.8 Å². The van der Waals surface area contributed by atoms with Crippen LogP contribution in [0.25, 0.3) is 0 Å². The molecule has 0 radical (unpaired) electrons. The van der Waals surface area contributed by atoms with Crippen LogP contribution in [-0.4, -0.2) is 48.4 Å². The Morgan fingerprint density at radius 3 is 3.00 bits per heavy atom. The third-order valence-corrected chi connectivity index (χ3v) is 3.36. The Hall–Kier alpha value is -1.10. The molecule has 2 aliphatic rings. The van der Waals surface area contributed by atoms with E-state index in [9.17, 15) is 9.59 Å². The van der Waals surface area contributed by atoms with Crippen molar-refractivity contribution in [1.82, 2.24) is 15.5 Å². The van der Waals surface area contributed by atoms with E-state index in [1.165, 1.54) is 0 Å². The fraction of sp³-hybridized carbons (Fsp3) is 0.818. The topological polar surface area (TPSA) is 61.4 Å². The number of hydrogen-bond donors (Lipinski definition) is 2. The lowest BCUT2D eigenvalue weighted by molar-refractivity contribution is -0.137. The van der Waals surface area contributed by atoms with E-state index in [-0.39, 0.29) is 23.9 Å². The quantitative estimate of drug-likeness (QED) is 0.679. The third-order valence-electron chi connectivity index (χ3n) is 3.36.